The van der Waals surface area contributed by atoms with Crippen molar-refractivity contribution in [2.75, 3.05) is 0 Å². The van der Waals surface area contributed by atoms with Crippen LogP contribution in [0.4, 0.5) is 4.39 Å². The van der Waals surface area contributed by atoms with Crippen LogP contribution in [0.25, 0.3) is 11.1 Å². The molecule has 0 fully saturated rings. The van der Waals surface area contributed by atoms with Gasteiger partial charge in [-0.3, -0.25) is 4.98 Å². The van der Waals surface area contributed by atoms with E-state index in [0.717, 1.165) is 23.2 Å². The molecule has 76 valence electrons. The van der Waals surface area contributed by atoms with E-state index in [-0.39, 0.29) is 5.82 Å². The fourth-order valence-corrected chi connectivity index (χ4v) is 1.61. The van der Waals surface area contributed by atoms with Gasteiger partial charge in [-0.05, 0) is 30.2 Å². The zero-order chi connectivity index (χ0) is 10.7. The normalized spacial score (nSPS) is 10.3. The number of nitrogens with zero attached hydrogens (tertiary/aromatic N) is 1. The predicted molar refractivity (Wildman–Crippen MR) is 59.0 cm³/mol. The van der Waals surface area contributed by atoms with E-state index in [2.05, 4.69) is 11.9 Å². The number of hydrogen-bond donors (Lipinski definition) is 0. The Morgan fingerprint density at radius 2 is 1.87 bits per heavy atom. The van der Waals surface area contributed by atoms with E-state index >= 15 is 0 Å². The fraction of sp³-hybridized carbons (Fsp3) is 0.154. The third-order valence-electron chi connectivity index (χ3n) is 2.38. The first-order chi connectivity index (χ1) is 7.31. The van der Waals surface area contributed by atoms with Gasteiger partial charge in [0.1, 0.15) is 5.82 Å². The van der Waals surface area contributed by atoms with Crippen molar-refractivity contribution in [1.29, 1.82) is 0 Å². The molecule has 0 aliphatic carbocycles. The summed E-state index contributed by atoms with van der Waals surface area (Å²) in [5.74, 6) is -0.208. The molecule has 2 heteroatoms. The second kappa shape index (κ2) is 4.22. The summed E-state index contributed by atoms with van der Waals surface area (Å²) in [5, 5.41) is 0. The molecule has 1 heterocycles. The lowest BCUT2D eigenvalue weighted by Crippen LogP contribution is -1.91. The Morgan fingerprint density at radius 3 is 2.53 bits per heavy atom. The van der Waals surface area contributed by atoms with Gasteiger partial charge in [0.15, 0.2) is 0 Å². The number of hydrogen-bond acceptors (Lipinski definition) is 1. The van der Waals surface area contributed by atoms with Crippen molar-refractivity contribution in [2.45, 2.75) is 13.3 Å². The van der Waals surface area contributed by atoms with Crippen molar-refractivity contribution >= 4 is 0 Å². The Balaban J connectivity index is 2.49. The van der Waals surface area contributed by atoms with Gasteiger partial charge < -0.3 is 0 Å². The highest BCUT2D eigenvalue weighted by molar-refractivity contribution is 5.65. The number of halogens is 1. The van der Waals surface area contributed by atoms with Crippen LogP contribution in [0.15, 0.2) is 42.6 Å². The smallest absolute Gasteiger partial charge is 0.123 e. The van der Waals surface area contributed by atoms with E-state index in [0.29, 0.717) is 0 Å². The summed E-state index contributed by atoms with van der Waals surface area (Å²) >= 11 is 0. The third-order valence-corrected chi connectivity index (χ3v) is 2.38. The molecule has 0 N–H and O–H groups in total. The van der Waals surface area contributed by atoms with Crippen LogP contribution >= 0.6 is 0 Å². The zero-order valence-corrected chi connectivity index (χ0v) is 8.57. The molecule has 0 spiro atoms. The quantitative estimate of drug-likeness (QED) is 0.725. The lowest BCUT2D eigenvalue weighted by atomic mass is 10.0. The van der Waals surface area contributed by atoms with Crippen molar-refractivity contribution in [1.82, 2.24) is 4.98 Å². The van der Waals surface area contributed by atoms with Crippen LogP contribution < -0.4 is 0 Å². The molecule has 1 aromatic carbocycles. The summed E-state index contributed by atoms with van der Waals surface area (Å²) in [6.07, 6.45) is 2.67. The molecule has 1 nitrogen and oxygen atoms in total. The Kier molecular flexibility index (Phi) is 2.77. The minimum atomic E-state index is -0.208. The fourth-order valence-electron chi connectivity index (χ4n) is 1.61. The Morgan fingerprint density at radius 1 is 1.13 bits per heavy atom. The van der Waals surface area contributed by atoms with Crippen LogP contribution in [0, 0.1) is 5.82 Å². The van der Waals surface area contributed by atoms with Gasteiger partial charge in [0, 0.05) is 17.5 Å². The van der Waals surface area contributed by atoms with Crippen LogP contribution in [0.2, 0.25) is 0 Å². The first kappa shape index (κ1) is 9.84. The van der Waals surface area contributed by atoms with Crippen molar-refractivity contribution in [2.24, 2.45) is 0 Å². The van der Waals surface area contributed by atoms with Gasteiger partial charge in [0.05, 0.1) is 0 Å². The van der Waals surface area contributed by atoms with E-state index < -0.39 is 0 Å². The highest BCUT2D eigenvalue weighted by Gasteiger charge is 2.03. The van der Waals surface area contributed by atoms with Crippen LogP contribution in [0.1, 0.15) is 12.6 Å². The summed E-state index contributed by atoms with van der Waals surface area (Å²) in [5.41, 5.74) is 3.14. The van der Waals surface area contributed by atoms with Crippen molar-refractivity contribution in [3.05, 3.63) is 54.1 Å². The van der Waals surface area contributed by atoms with Crippen LogP contribution in [0.3, 0.4) is 0 Å². The van der Waals surface area contributed by atoms with Gasteiger partial charge in [0.2, 0.25) is 0 Å². The molecule has 0 aliphatic rings. The van der Waals surface area contributed by atoms with Gasteiger partial charge in [-0.25, -0.2) is 4.39 Å². The molecule has 0 bridgehead atoms. The average molecular weight is 201 g/mol. The number of benzene rings is 1. The zero-order valence-electron chi connectivity index (χ0n) is 8.57. The summed E-state index contributed by atoms with van der Waals surface area (Å²) < 4.78 is 12.8. The molecular formula is C13H12FN. The molecule has 0 unspecified atom stereocenters. The molecule has 0 saturated carbocycles. The van der Waals surface area contributed by atoms with E-state index in [1.807, 2.05) is 12.1 Å². The van der Waals surface area contributed by atoms with Gasteiger partial charge >= 0.3 is 0 Å². The first-order valence-electron chi connectivity index (χ1n) is 5.01. The van der Waals surface area contributed by atoms with Gasteiger partial charge in [-0.1, -0.05) is 25.1 Å². The summed E-state index contributed by atoms with van der Waals surface area (Å²) in [6, 6.07) is 10.4. The Labute approximate surface area is 88.6 Å². The van der Waals surface area contributed by atoms with Crippen molar-refractivity contribution in [3.8, 4) is 11.1 Å². The summed E-state index contributed by atoms with van der Waals surface area (Å²) in [4.78, 5) is 4.30. The molecular weight excluding hydrogens is 189 g/mol. The van der Waals surface area contributed by atoms with Crippen molar-refractivity contribution < 1.29 is 4.39 Å². The largest absolute Gasteiger partial charge is 0.261 e. The molecule has 0 radical (unpaired) electrons. The summed E-state index contributed by atoms with van der Waals surface area (Å²) in [6.45, 7) is 2.06. The number of rotatable bonds is 2. The number of pyridine rings is 1. The topological polar surface area (TPSA) is 12.9 Å². The lowest BCUT2D eigenvalue weighted by Gasteiger charge is -2.06. The highest BCUT2D eigenvalue weighted by Crippen LogP contribution is 2.22. The van der Waals surface area contributed by atoms with Gasteiger partial charge in [-0.15, -0.1) is 0 Å². The minimum Gasteiger partial charge on any atom is -0.261 e. The molecule has 2 aromatic rings. The second-order valence-electron chi connectivity index (χ2n) is 3.36. The summed E-state index contributed by atoms with van der Waals surface area (Å²) in [7, 11) is 0. The molecule has 0 aliphatic heterocycles. The van der Waals surface area contributed by atoms with E-state index in [9.17, 15) is 4.39 Å². The minimum absolute atomic E-state index is 0.208. The van der Waals surface area contributed by atoms with Crippen LogP contribution in [0.5, 0.6) is 0 Å². The van der Waals surface area contributed by atoms with Crippen LogP contribution in [-0.4, -0.2) is 4.98 Å². The maximum Gasteiger partial charge on any atom is 0.123 e. The van der Waals surface area contributed by atoms with Crippen LogP contribution in [-0.2, 0) is 6.42 Å². The van der Waals surface area contributed by atoms with E-state index in [4.69, 9.17) is 0 Å². The second-order valence-corrected chi connectivity index (χ2v) is 3.36. The third kappa shape index (κ3) is 2.04. The maximum absolute atomic E-state index is 12.8. The van der Waals surface area contributed by atoms with Gasteiger partial charge in [0.25, 0.3) is 0 Å². The number of aromatic nitrogens is 1. The first-order valence-corrected chi connectivity index (χ1v) is 5.01. The molecule has 0 amide bonds. The monoisotopic (exact) mass is 201 g/mol. The average Bonchev–Trinajstić information content (AvgIpc) is 2.30. The molecule has 1 aromatic heterocycles. The standard InChI is InChI=1S/C13H12FN/c1-2-13-12(4-3-9-15-13)10-5-7-11(14)8-6-10/h3-9H,2H2,1H3. The lowest BCUT2D eigenvalue weighted by molar-refractivity contribution is 0.628. The highest BCUT2D eigenvalue weighted by atomic mass is 19.1. The molecule has 0 saturated heterocycles. The van der Waals surface area contributed by atoms with Gasteiger partial charge in [-0.2, -0.15) is 0 Å². The molecule has 2 rings (SSSR count). The number of aryl methyl sites for hydroxylation is 1. The Bertz CT molecular complexity index is 448. The van der Waals surface area contributed by atoms with E-state index in [1.165, 1.54) is 12.1 Å². The maximum atomic E-state index is 12.8. The predicted octanol–water partition coefficient (Wildman–Crippen LogP) is 3.45. The van der Waals surface area contributed by atoms with E-state index in [1.54, 1.807) is 18.3 Å². The molecule has 15 heavy (non-hydrogen) atoms. The van der Waals surface area contributed by atoms with Crippen molar-refractivity contribution in [3.63, 3.8) is 0 Å². The SMILES string of the molecule is CCc1ncccc1-c1ccc(F)cc1. The Hall–Kier alpha value is -1.70. The molecule has 0 atom stereocenters.